The molecule has 2 aromatic carbocycles. The minimum Gasteiger partial charge on any atom is -0.345 e. The number of rotatable bonds is 3. The van der Waals surface area contributed by atoms with E-state index in [1.807, 2.05) is 18.2 Å². The molecule has 0 unspecified atom stereocenters. The van der Waals surface area contributed by atoms with Crippen LogP contribution in [0.25, 0.3) is 17.0 Å². The number of halogens is 2. The van der Waals surface area contributed by atoms with Gasteiger partial charge in [-0.05, 0) is 53.7 Å². The first-order valence-corrected chi connectivity index (χ1v) is 10.7. The molecule has 156 valence electrons. The summed E-state index contributed by atoms with van der Waals surface area (Å²) in [7, 11) is 3.39. The number of benzene rings is 2. The third kappa shape index (κ3) is 4.58. The summed E-state index contributed by atoms with van der Waals surface area (Å²) in [6.07, 6.45) is 3.32. The molecule has 9 heteroatoms. The molecule has 1 saturated heterocycles. The van der Waals surface area contributed by atoms with Gasteiger partial charge in [0.15, 0.2) is 5.17 Å². The Morgan fingerprint density at radius 1 is 1.16 bits per heavy atom. The van der Waals surface area contributed by atoms with Crippen molar-refractivity contribution in [1.29, 1.82) is 0 Å². The number of fused-ring (bicyclic) bond motifs is 1. The van der Waals surface area contributed by atoms with Gasteiger partial charge in [0, 0.05) is 25.7 Å². The zero-order valence-electron chi connectivity index (χ0n) is 16.5. The Labute approximate surface area is 193 Å². The van der Waals surface area contributed by atoms with Gasteiger partial charge in [0.25, 0.3) is 11.8 Å². The monoisotopic (exact) mass is 470 g/mol. The molecule has 1 N–H and O–H groups in total. The molecule has 1 aliphatic heterocycles. The number of nitrogens with one attached hydrogen (secondary N) is 1. The quantitative estimate of drug-likeness (QED) is 0.538. The van der Waals surface area contributed by atoms with Crippen molar-refractivity contribution in [2.24, 2.45) is 4.99 Å². The van der Waals surface area contributed by atoms with Gasteiger partial charge in [-0.25, -0.2) is 4.99 Å². The molecular formula is C22H16Cl2N4O2S. The van der Waals surface area contributed by atoms with Crippen LogP contribution in [-0.2, 0) is 4.79 Å². The number of pyridine rings is 1. The van der Waals surface area contributed by atoms with Gasteiger partial charge >= 0.3 is 0 Å². The van der Waals surface area contributed by atoms with E-state index in [9.17, 15) is 9.59 Å². The van der Waals surface area contributed by atoms with Crippen molar-refractivity contribution in [1.82, 2.24) is 15.2 Å². The number of carbonyl (C=O) groups excluding carboxylic acids is 2. The number of thioether (sulfide) groups is 1. The second-order valence-electron chi connectivity index (χ2n) is 6.93. The van der Waals surface area contributed by atoms with Gasteiger partial charge in [-0.2, -0.15) is 0 Å². The number of carbonyl (C=O) groups is 2. The first kappa shape index (κ1) is 21.4. The summed E-state index contributed by atoms with van der Waals surface area (Å²) >= 11 is 13.5. The molecule has 1 fully saturated rings. The number of hydrogen-bond donors (Lipinski definition) is 1. The Hall–Kier alpha value is -2.87. The lowest BCUT2D eigenvalue weighted by molar-refractivity contribution is -0.115. The molecule has 0 saturated carbocycles. The number of hydrogen-bond acceptors (Lipinski definition) is 5. The van der Waals surface area contributed by atoms with E-state index in [2.05, 4.69) is 15.3 Å². The molecule has 2 amide bonds. The molecule has 1 aliphatic rings. The van der Waals surface area contributed by atoms with Gasteiger partial charge in [-0.15, -0.1) is 0 Å². The number of amidine groups is 1. The molecule has 0 bridgehead atoms. The number of nitrogens with zero attached hydrogens (tertiary/aromatic N) is 3. The second kappa shape index (κ2) is 8.70. The highest BCUT2D eigenvalue weighted by Gasteiger charge is 2.24. The number of para-hydroxylation sites is 1. The lowest BCUT2D eigenvalue weighted by atomic mass is 10.1. The van der Waals surface area contributed by atoms with E-state index in [4.69, 9.17) is 23.2 Å². The largest absolute Gasteiger partial charge is 0.345 e. The Balaban J connectivity index is 1.64. The van der Waals surface area contributed by atoms with Gasteiger partial charge in [0.1, 0.15) is 5.69 Å². The third-order valence-corrected chi connectivity index (χ3v) is 5.98. The third-order valence-electron chi connectivity index (χ3n) is 4.46. The summed E-state index contributed by atoms with van der Waals surface area (Å²) in [5.41, 5.74) is 2.47. The maximum absolute atomic E-state index is 12.4. The fourth-order valence-electron chi connectivity index (χ4n) is 2.94. The minimum atomic E-state index is -0.262. The van der Waals surface area contributed by atoms with Gasteiger partial charge < -0.3 is 10.2 Å². The fourth-order valence-corrected chi connectivity index (χ4v) is 4.25. The maximum atomic E-state index is 12.4. The number of amides is 2. The predicted octanol–water partition coefficient (Wildman–Crippen LogP) is 5.14. The Morgan fingerprint density at radius 2 is 1.90 bits per heavy atom. The standard InChI is InChI=1S/C22H16Cl2N4O2S/c1-28(2)21(30)14-10-13-8-12(6-7-17(13)25-11-14)9-18-20(29)27-22(31-18)26-19-15(23)4-3-5-16(19)24/h3-11H,1-2H3,(H,26,27,29)/b18-9+. The SMILES string of the molecule is CN(C)C(=O)c1cnc2ccc(/C=C3/SC(=Nc4c(Cl)cccc4Cl)NC3=O)cc2c1. The average Bonchev–Trinajstić information content (AvgIpc) is 3.08. The summed E-state index contributed by atoms with van der Waals surface area (Å²) in [4.78, 5) is 35.4. The van der Waals surface area contributed by atoms with E-state index in [1.54, 1.807) is 50.6 Å². The van der Waals surface area contributed by atoms with Gasteiger partial charge in [0.05, 0.1) is 26.0 Å². The first-order valence-electron chi connectivity index (χ1n) is 9.17. The average molecular weight is 471 g/mol. The molecule has 2 heterocycles. The molecule has 0 radical (unpaired) electrons. The van der Waals surface area contributed by atoms with Crippen molar-refractivity contribution < 1.29 is 9.59 Å². The van der Waals surface area contributed by atoms with Crippen LogP contribution in [-0.4, -0.2) is 41.0 Å². The minimum absolute atomic E-state index is 0.122. The molecule has 4 rings (SSSR count). The smallest absolute Gasteiger partial charge is 0.264 e. The Bertz CT molecular complexity index is 1270. The van der Waals surface area contributed by atoms with E-state index in [0.717, 1.165) is 16.5 Å². The molecule has 0 atom stereocenters. The lowest BCUT2D eigenvalue weighted by Gasteiger charge is -2.10. The first-order chi connectivity index (χ1) is 14.8. The lowest BCUT2D eigenvalue weighted by Crippen LogP contribution is -2.21. The zero-order valence-corrected chi connectivity index (χ0v) is 18.8. The van der Waals surface area contributed by atoms with Crippen LogP contribution in [0.4, 0.5) is 5.69 Å². The van der Waals surface area contributed by atoms with E-state index in [1.165, 1.54) is 16.7 Å². The summed E-state index contributed by atoms with van der Waals surface area (Å²) in [5.74, 6) is -0.385. The highest BCUT2D eigenvalue weighted by molar-refractivity contribution is 8.18. The van der Waals surface area contributed by atoms with Crippen LogP contribution in [0, 0.1) is 0 Å². The van der Waals surface area contributed by atoms with Crippen LogP contribution in [0.3, 0.4) is 0 Å². The highest BCUT2D eigenvalue weighted by atomic mass is 35.5. The van der Waals surface area contributed by atoms with Crippen molar-refractivity contribution in [3.8, 4) is 0 Å². The van der Waals surface area contributed by atoms with Gasteiger partial charge in [-0.3, -0.25) is 14.6 Å². The van der Waals surface area contributed by atoms with E-state index in [0.29, 0.717) is 31.4 Å². The normalized spacial score (nSPS) is 16.2. The van der Waals surface area contributed by atoms with Gasteiger partial charge in [0.2, 0.25) is 0 Å². The molecular weight excluding hydrogens is 455 g/mol. The van der Waals surface area contributed by atoms with Crippen molar-refractivity contribution >= 4 is 74.6 Å². The fraction of sp³-hybridized carbons (Fsp3) is 0.0909. The molecule has 6 nitrogen and oxygen atoms in total. The van der Waals surface area contributed by atoms with Crippen molar-refractivity contribution in [3.63, 3.8) is 0 Å². The highest BCUT2D eigenvalue weighted by Crippen LogP contribution is 2.35. The molecule has 0 aliphatic carbocycles. The molecule has 3 aromatic rings. The Morgan fingerprint density at radius 3 is 2.61 bits per heavy atom. The van der Waals surface area contributed by atoms with E-state index < -0.39 is 0 Å². The van der Waals surface area contributed by atoms with Crippen LogP contribution in [0.1, 0.15) is 15.9 Å². The van der Waals surface area contributed by atoms with Crippen LogP contribution >= 0.6 is 35.0 Å². The summed E-state index contributed by atoms with van der Waals surface area (Å²) in [5, 5.41) is 4.73. The molecule has 31 heavy (non-hydrogen) atoms. The summed E-state index contributed by atoms with van der Waals surface area (Å²) < 4.78 is 0. The van der Waals surface area contributed by atoms with Crippen LogP contribution < -0.4 is 5.32 Å². The number of aliphatic imine (C=N–C) groups is 1. The maximum Gasteiger partial charge on any atom is 0.264 e. The van der Waals surface area contributed by atoms with E-state index >= 15 is 0 Å². The summed E-state index contributed by atoms with van der Waals surface area (Å²) in [6.45, 7) is 0. The van der Waals surface area contributed by atoms with Crippen molar-refractivity contribution in [3.05, 3.63) is 74.7 Å². The second-order valence-corrected chi connectivity index (χ2v) is 8.77. The molecule has 1 aromatic heterocycles. The van der Waals surface area contributed by atoms with Crippen molar-refractivity contribution in [2.45, 2.75) is 0 Å². The zero-order chi connectivity index (χ0) is 22.1. The van der Waals surface area contributed by atoms with Crippen LogP contribution in [0.5, 0.6) is 0 Å². The summed E-state index contributed by atoms with van der Waals surface area (Å²) in [6, 6.07) is 12.5. The predicted molar refractivity (Wildman–Crippen MR) is 127 cm³/mol. The van der Waals surface area contributed by atoms with Crippen LogP contribution in [0.15, 0.2) is 58.6 Å². The van der Waals surface area contributed by atoms with Crippen molar-refractivity contribution in [2.75, 3.05) is 14.1 Å². The van der Waals surface area contributed by atoms with Gasteiger partial charge in [-0.1, -0.05) is 35.3 Å². The van der Waals surface area contributed by atoms with E-state index in [-0.39, 0.29) is 11.8 Å². The van der Waals surface area contributed by atoms with Crippen LogP contribution in [0.2, 0.25) is 10.0 Å². The number of aromatic nitrogens is 1. The Kier molecular flexibility index (Phi) is 6.00. The molecule has 0 spiro atoms. The topological polar surface area (TPSA) is 74.7 Å².